The van der Waals surface area contributed by atoms with Gasteiger partial charge in [-0.1, -0.05) is 0 Å². The molecule has 0 amide bonds. The van der Waals surface area contributed by atoms with E-state index in [0.717, 1.165) is 38.3 Å². The smallest absolute Gasteiger partial charge is 0.303 e. The fourth-order valence-electron chi connectivity index (χ4n) is 2.41. The Morgan fingerprint density at radius 2 is 1.42 bits per heavy atom. The molecule has 0 saturated heterocycles. The van der Waals surface area contributed by atoms with Crippen LogP contribution in [0.1, 0.15) is 58.3 Å². The minimum atomic E-state index is -0.649. The Labute approximate surface area is 140 Å². The Balaban J connectivity index is 0.000000243. The molecule has 0 radical (unpaired) electrons. The number of rotatable bonds is 10. The summed E-state index contributed by atoms with van der Waals surface area (Å²) in [5.41, 5.74) is -0.280. The highest BCUT2D eigenvalue weighted by Gasteiger charge is 2.45. The van der Waals surface area contributed by atoms with Gasteiger partial charge in [0.05, 0.1) is 19.4 Å². The minimum absolute atomic E-state index is 0.101. The Hall–Kier alpha value is -1.80. The van der Waals surface area contributed by atoms with Crippen molar-refractivity contribution in [3.63, 3.8) is 0 Å². The van der Waals surface area contributed by atoms with Crippen LogP contribution in [-0.4, -0.2) is 36.4 Å². The number of aldehydes is 2. The average molecular weight is 344 g/mol. The summed E-state index contributed by atoms with van der Waals surface area (Å²) in [5.74, 6) is -1.02. The first-order chi connectivity index (χ1) is 11.4. The molecule has 0 aromatic rings. The zero-order chi connectivity index (χ0) is 18.1. The van der Waals surface area contributed by atoms with Crippen molar-refractivity contribution in [3.8, 4) is 0 Å². The summed E-state index contributed by atoms with van der Waals surface area (Å²) >= 11 is 0. The molecule has 2 aliphatic carbocycles. The molecule has 0 spiro atoms. The van der Waals surface area contributed by atoms with Gasteiger partial charge in [0, 0.05) is 12.8 Å². The second kappa shape index (κ2) is 9.48. The fourth-order valence-corrected chi connectivity index (χ4v) is 2.41. The highest BCUT2D eigenvalue weighted by molar-refractivity contribution is 5.71. The molecule has 0 aliphatic heterocycles. The Morgan fingerprint density at radius 3 is 1.75 bits per heavy atom. The highest BCUT2D eigenvalue weighted by atomic mass is 17.2. The molecular formula is C16H24O8. The van der Waals surface area contributed by atoms with Gasteiger partial charge < -0.3 is 14.5 Å². The molecule has 2 rings (SSSR count). The lowest BCUT2D eigenvalue weighted by Crippen LogP contribution is -2.13. The maximum absolute atomic E-state index is 11.1. The number of carbonyl (C=O) groups is 4. The maximum atomic E-state index is 11.1. The second-order valence-corrected chi connectivity index (χ2v) is 6.42. The van der Waals surface area contributed by atoms with Gasteiger partial charge >= 0.3 is 11.9 Å². The van der Waals surface area contributed by atoms with Crippen LogP contribution in [0, 0.1) is 10.8 Å². The predicted octanol–water partition coefficient (Wildman–Crippen LogP) is 2.00. The van der Waals surface area contributed by atoms with Crippen molar-refractivity contribution in [2.45, 2.75) is 58.3 Å². The van der Waals surface area contributed by atoms with Crippen molar-refractivity contribution in [3.05, 3.63) is 0 Å². The van der Waals surface area contributed by atoms with Crippen LogP contribution in [0.4, 0.5) is 0 Å². The zero-order valence-corrected chi connectivity index (χ0v) is 13.8. The van der Waals surface area contributed by atoms with Gasteiger partial charge in [0.2, 0.25) is 0 Å². The first-order valence-electron chi connectivity index (χ1n) is 7.98. The maximum Gasteiger partial charge on any atom is 0.342 e. The number of carbonyl (C=O) groups excluding carboxylic acids is 4. The van der Waals surface area contributed by atoms with Crippen molar-refractivity contribution in [1.82, 2.24) is 0 Å². The number of hydrogen-bond acceptors (Lipinski definition) is 8. The SMILES string of the molecule is CCOOC(=O)CC1(CC=O)CC1.O=CCC1(CC(=O)OO)CC1. The van der Waals surface area contributed by atoms with Crippen molar-refractivity contribution in [1.29, 1.82) is 0 Å². The number of hydrogen-bond donors (Lipinski definition) is 1. The van der Waals surface area contributed by atoms with Gasteiger partial charge in [-0.15, -0.1) is 0 Å². The largest absolute Gasteiger partial charge is 0.342 e. The van der Waals surface area contributed by atoms with Gasteiger partial charge in [0.25, 0.3) is 0 Å². The van der Waals surface area contributed by atoms with Crippen LogP contribution in [0.15, 0.2) is 0 Å². The van der Waals surface area contributed by atoms with Gasteiger partial charge in [-0.05, 0) is 43.4 Å². The van der Waals surface area contributed by atoms with Crippen LogP contribution >= 0.6 is 0 Å². The lowest BCUT2D eigenvalue weighted by molar-refractivity contribution is -0.270. The fraction of sp³-hybridized carbons (Fsp3) is 0.750. The normalized spacial score (nSPS) is 18.4. The molecule has 24 heavy (non-hydrogen) atoms. The molecule has 2 saturated carbocycles. The van der Waals surface area contributed by atoms with Gasteiger partial charge in [0.1, 0.15) is 12.6 Å². The summed E-state index contributed by atoms with van der Waals surface area (Å²) in [7, 11) is 0. The molecule has 0 aromatic heterocycles. The summed E-state index contributed by atoms with van der Waals surface area (Å²) in [5, 5.41) is 7.96. The van der Waals surface area contributed by atoms with E-state index in [4.69, 9.17) is 5.26 Å². The molecule has 2 fully saturated rings. The van der Waals surface area contributed by atoms with Crippen LogP contribution in [-0.2, 0) is 33.8 Å². The molecule has 0 heterocycles. The molecule has 8 nitrogen and oxygen atoms in total. The monoisotopic (exact) mass is 344 g/mol. The van der Waals surface area contributed by atoms with E-state index in [1.54, 1.807) is 6.92 Å². The highest BCUT2D eigenvalue weighted by Crippen LogP contribution is 2.51. The summed E-state index contributed by atoms with van der Waals surface area (Å²) in [6.45, 7) is 2.10. The van der Waals surface area contributed by atoms with E-state index in [1.165, 1.54) is 0 Å². The van der Waals surface area contributed by atoms with Crippen LogP contribution in [0.2, 0.25) is 0 Å². The van der Waals surface area contributed by atoms with Crippen LogP contribution in [0.25, 0.3) is 0 Å². The minimum Gasteiger partial charge on any atom is -0.303 e. The Morgan fingerprint density at radius 1 is 0.958 bits per heavy atom. The zero-order valence-electron chi connectivity index (χ0n) is 13.8. The van der Waals surface area contributed by atoms with Gasteiger partial charge in [0.15, 0.2) is 0 Å². The van der Waals surface area contributed by atoms with E-state index in [1.807, 2.05) is 0 Å². The van der Waals surface area contributed by atoms with Crippen LogP contribution in [0.3, 0.4) is 0 Å². The third-order valence-corrected chi connectivity index (χ3v) is 4.36. The summed E-state index contributed by atoms with van der Waals surface area (Å²) in [6, 6.07) is 0. The summed E-state index contributed by atoms with van der Waals surface area (Å²) in [4.78, 5) is 54.5. The van der Waals surface area contributed by atoms with Crippen molar-refractivity contribution in [2.24, 2.45) is 10.8 Å². The van der Waals surface area contributed by atoms with Crippen molar-refractivity contribution >= 4 is 24.5 Å². The molecular weight excluding hydrogens is 320 g/mol. The van der Waals surface area contributed by atoms with Gasteiger partial charge in [-0.2, -0.15) is 10.1 Å². The predicted molar refractivity (Wildman–Crippen MR) is 80.4 cm³/mol. The summed E-state index contributed by atoms with van der Waals surface area (Å²) < 4.78 is 0. The molecule has 0 unspecified atom stereocenters. The van der Waals surface area contributed by atoms with E-state index in [9.17, 15) is 19.2 Å². The van der Waals surface area contributed by atoms with Gasteiger partial charge in [-0.3, -0.25) is 4.89 Å². The molecule has 1 N–H and O–H groups in total. The van der Waals surface area contributed by atoms with Crippen molar-refractivity contribution in [2.75, 3.05) is 6.61 Å². The van der Waals surface area contributed by atoms with Crippen LogP contribution < -0.4 is 0 Å². The lowest BCUT2D eigenvalue weighted by Gasteiger charge is -2.08. The Bertz CT molecular complexity index is 451. The molecule has 0 aromatic carbocycles. The molecule has 0 bridgehead atoms. The first-order valence-corrected chi connectivity index (χ1v) is 7.98. The van der Waals surface area contributed by atoms with E-state index in [2.05, 4.69) is 14.7 Å². The van der Waals surface area contributed by atoms with E-state index in [-0.39, 0.29) is 23.2 Å². The standard InChI is InChI=1S/C9H14O4.C7H10O4/c1-2-12-13-8(11)7-9(3-4-9)5-6-10;8-4-3-7(1-2-7)5-6(9)11-10/h6H,2-5,7H2,1H3;4,10H,1-3,5H2. The first kappa shape index (κ1) is 20.2. The Kier molecular flexibility index (Phi) is 8.00. The molecule has 2 aliphatic rings. The molecule has 0 atom stereocenters. The van der Waals surface area contributed by atoms with Crippen LogP contribution in [0.5, 0.6) is 0 Å². The topological polar surface area (TPSA) is 116 Å². The molecule has 136 valence electrons. The van der Waals surface area contributed by atoms with E-state index < -0.39 is 5.97 Å². The second-order valence-electron chi connectivity index (χ2n) is 6.42. The lowest BCUT2D eigenvalue weighted by atomic mass is 9.99. The summed E-state index contributed by atoms with van der Waals surface area (Å²) in [6.07, 6.45) is 6.59. The van der Waals surface area contributed by atoms with E-state index in [0.29, 0.717) is 25.9 Å². The quantitative estimate of drug-likeness (QED) is 0.363. The molecule has 8 heteroatoms. The van der Waals surface area contributed by atoms with Gasteiger partial charge in [-0.25, -0.2) is 9.59 Å². The third kappa shape index (κ3) is 7.18. The van der Waals surface area contributed by atoms with Crippen molar-refractivity contribution < 1.29 is 39.1 Å². The third-order valence-electron chi connectivity index (χ3n) is 4.36. The van der Waals surface area contributed by atoms with E-state index >= 15 is 0 Å². The average Bonchev–Trinajstić information content (AvgIpc) is 3.46.